The molecule has 8 atom stereocenters. The van der Waals surface area contributed by atoms with E-state index in [-0.39, 0.29) is 121 Å². The molecule has 504 valence electrons. The Bertz CT molecular complexity index is 2360. The van der Waals surface area contributed by atoms with E-state index in [1.54, 1.807) is 24.3 Å². The summed E-state index contributed by atoms with van der Waals surface area (Å²) in [6.45, 7) is 8.56. The summed E-state index contributed by atoms with van der Waals surface area (Å²) >= 11 is 0. The Balaban J connectivity index is 1.24. The number of cyclic esters (lactones) is 4. The fourth-order valence-electron chi connectivity index (χ4n) is 12.5. The van der Waals surface area contributed by atoms with Crippen molar-refractivity contribution in [2.45, 2.75) is 283 Å². The van der Waals surface area contributed by atoms with Gasteiger partial charge in [-0.1, -0.05) is 176 Å². The highest BCUT2D eigenvalue weighted by molar-refractivity contribution is 6.08. The molecular weight excluding hydrogens is 1150 g/mol. The highest BCUT2D eigenvalue weighted by Gasteiger charge is 2.28. The van der Waals surface area contributed by atoms with Crippen molar-refractivity contribution < 1.29 is 57.3 Å². The first kappa shape index (κ1) is 76.2. The lowest BCUT2D eigenvalue weighted by molar-refractivity contribution is -0.150. The number of carbonyl (C=O) groups excluding carboxylic acids is 8. The summed E-state index contributed by atoms with van der Waals surface area (Å²) in [5, 5.41) is 0. The number of hydrogen-bond donors (Lipinski definition) is 0. The van der Waals surface area contributed by atoms with E-state index in [9.17, 15) is 38.4 Å². The van der Waals surface area contributed by atoms with Crippen LogP contribution in [-0.4, -0.2) is 71.4 Å². The molecular formula is C80H112O12. The molecule has 5 rings (SSSR count). The van der Waals surface area contributed by atoms with E-state index in [1.807, 2.05) is 48.6 Å². The van der Waals surface area contributed by atoms with Gasteiger partial charge in [0.15, 0.2) is 23.1 Å². The highest BCUT2D eigenvalue weighted by atomic mass is 16.6. The first-order valence-electron chi connectivity index (χ1n) is 35.9. The van der Waals surface area contributed by atoms with E-state index in [0.29, 0.717) is 103 Å². The van der Waals surface area contributed by atoms with Crippen molar-refractivity contribution in [1.29, 1.82) is 0 Å². The van der Waals surface area contributed by atoms with Gasteiger partial charge in [-0.25, -0.2) is 0 Å². The number of unbranched alkanes of at least 4 members (excludes halogenated alkanes) is 8. The van der Waals surface area contributed by atoms with Gasteiger partial charge in [0.1, 0.15) is 24.4 Å². The van der Waals surface area contributed by atoms with Gasteiger partial charge in [-0.3, -0.25) is 38.4 Å². The Morgan fingerprint density at radius 3 is 0.717 bits per heavy atom. The van der Waals surface area contributed by atoms with Gasteiger partial charge in [0.05, 0.1) is 0 Å². The van der Waals surface area contributed by atoms with Crippen LogP contribution in [0.3, 0.4) is 0 Å². The predicted octanol–water partition coefficient (Wildman–Crippen LogP) is 18.7. The smallest absolute Gasteiger partial charge is 0.306 e. The maximum absolute atomic E-state index is 13.2. The molecule has 0 aromatic rings. The van der Waals surface area contributed by atoms with Crippen molar-refractivity contribution in [1.82, 2.24) is 0 Å². The van der Waals surface area contributed by atoms with Crippen LogP contribution in [0.4, 0.5) is 0 Å². The Labute approximate surface area is 552 Å². The molecule has 0 radical (unpaired) electrons. The summed E-state index contributed by atoms with van der Waals surface area (Å²) in [5.74, 6) is -1.36. The van der Waals surface area contributed by atoms with Gasteiger partial charge >= 0.3 is 23.9 Å². The van der Waals surface area contributed by atoms with Crippen LogP contribution in [0.25, 0.3) is 0 Å². The zero-order valence-electron chi connectivity index (χ0n) is 56.5. The van der Waals surface area contributed by atoms with E-state index < -0.39 is 0 Å². The second-order valence-electron chi connectivity index (χ2n) is 25.7. The number of ketones is 4. The topological polar surface area (TPSA) is 173 Å². The second kappa shape index (κ2) is 45.7. The number of ether oxygens (including phenoxy) is 4. The summed E-state index contributed by atoms with van der Waals surface area (Å²) in [4.78, 5) is 105. The van der Waals surface area contributed by atoms with E-state index in [0.717, 1.165) is 125 Å². The van der Waals surface area contributed by atoms with Crippen molar-refractivity contribution in [2.24, 2.45) is 23.7 Å². The van der Waals surface area contributed by atoms with E-state index in [1.165, 1.54) is 0 Å². The van der Waals surface area contributed by atoms with Crippen molar-refractivity contribution in [3.05, 3.63) is 144 Å². The third-order valence-electron chi connectivity index (χ3n) is 18.0. The summed E-state index contributed by atoms with van der Waals surface area (Å²) in [6, 6.07) is 0. The number of fused-ring (bicyclic) bond motifs is 4. The third kappa shape index (κ3) is 30.0. The first-order valence-corrected chi connectivity index (χ1v) is 35.9. The monoisotopic (exact) mass is 1260 g/mol. The second-order valence-corrected chi connectivity index (χ2v) is 25.7. The van der Waals surface area contributed by atoms with Gasteiger partial charge in [-0.2, -0.15) is 0 Å². The zero-order chi connectivity index (χ0) is 66.0. The van der Waals surface area contributed by atoms with Crippen molar-refractivity contribution in [3.8, 4) is 0 Å². The standard InChI is InChI=1S/C80H112O12/c1-5-9-21-37-65-49-53-69-61(45-57-73(69)81)33-25-14-18-30-42-78(86)90-67(39-23-11-7-3)51-55-71-63(47-59-75(71)83)35-27-16-20-32-44-80(88)92-68(40-24-12-8-4)52-56-72-64(48-60-76(72)84)36-28-15-19-31-43-79(87)91-66(38-22-10-6-2)50-54-70-62(46-58-74(70)82)34-26-13-17-29-41-77(85)89-65/h13-16,25-28,45-48,53-68H,5-12,17-24,29-44,49-52H2,1-4H3/t61-,62?,63?,64-,65-,66+,67+,68-/m0/s1. The fraction of sp³-hybridized carbons (Fsp3) is 0.600. The molecule has 2 unspecified atom stereocenters. The average molecular weight is 1270 g/mol. The van der Waals surface area contributed by atoms with Crippen LogP contribution in [-0.2, 0) is 57.3 Å². The summed E-state index contributed by atoms with van der Waals surface area (Å²) in [5.41, 5.74) is 2.88. The number of carbonyl (C=O) groups is 8. The third-order valence-corrected chi connectivity index (χ3v) is 18.0. The van der Waals surface area contributed by atoms with Gasteiger partial charge in [0, 0.05) is 97.3 Å². The van der Waals surface area contributed by atoms with Crippen LogP contribution in [0, 0.1) is 23.7 Å². The molecule has 0 amide bonds. The summed E-state index contributed by atoms with van der Waals surface area (Å²) < 4.78 is 24.2. The van der Waals surface area contributed by atoms with Crippen LogP contribution in [0.1, 0.15) is 259 Å². The number of rotatable bonds is 16. The molecule has 0 N–H and O–H groups in total. The fourth-order valence-corrected chi connectivity index (χ4v) is 12.5. The van der Waals surface area contributed by atoms with Crippen LogP contribution in [0.2, 0.25) is 0 Å². The zero-order valence-corrected chi connectivity index (χ0v) is 56.5. The van der Waals surface area contributed by atoms with Gasteiger partial charge in [-0.05, 0) is 153 Å². The SMILES string of the molecule is CCCCC[C@H]1CC=C2C(=O)C=C[C@@H]2CC=CCCCC(=O)O[C@H](CCCCC)CC=C2C(=O)C=CC2CC=CCCCC(=O)O[C@@H](CCCCC)CC=C2C(=O)C=C[C@@H]2CC=CCCCC(=O)O[C@H](CCCCC)CC=C2C(=O)C=CC2CC=CCCCC(=O)O1. The number of esters is 4. The Morgan fingerprint density at radius 2 is 0.511 bits per heavy atom. The van der Waals surface area contributed by atoms with Gasteiger partial charge < -0.3 is 18.9 Å². The van der Waals surface area contributed by atoms with Crippen LogP contribution in [0.15, 0.2) is 144 Å². The van der Waals surface area contributed by atoms with Crippen molar-refractivity contribution >= 4 is 47.0 Å². The predicted molar refractivity (Wildman–Crippen MR) is 368 cm³/mol. The van der Waals surface area contributed by atoms with Gasteiger partial charge in [-0.15, -0.1) is 0 Å². The van der Waals surface area contributed by atoms with Crippen molar-refractivity contribution in [3.63, 3.8) is 0 Å². The van der Waals surface area contributed by atoms with E-state index in [2.05, 4.69) is 76.3 Å². The normalized spacial score (nSPS) is 25.9. The minimum atomic E-state index is -0.325. The Morgan fingerprint density at radius 1 is 0.293 bits per heavy atom. The minimum Gasteiger partial charge on any atom is -0.462 e. The lowest BCUT2D eigenvalue weighted by Crippen LogP contribution is -2.18. The molecule has 4 aliphatic carbocycles. The molecule has 1 heterocycles. The number of allylic oxidation sites excluding steroid dienone is 20. The van der Waals surface area contributed by atoms with E-state index in [4.69, 9.17) is 18.9 Å². The summed E-state index contributed by atoms with van der Waals surface area (Å²) in [6.07, 6.45) is 63.0. The Hall–Kier alpha value is -6.56. The minimum absolute atomic E-state index is 0.0185. The molecule has 12 heteroatoms. The molecule has 0 bridgehead atoms. The van der Waals surface area contributed by atoms with Gasteiger partial charge in [0.25, 0.3) is 0 Å². The molecule has 0 spiro atoms. The van der Waals surface area contributed by atoms with Crippen LogP contribution >= 0.6 is 0 Å². The van der Waals surface area contributed by atoms with Crippen molar-refractivity contribution in [2.75, 3.05) is 0 Å². The van der Waals surface area contributed by atoms with E-state index >= 15 is 0 Å². The number of hydrogen-bond acceptors (Lipinski definition) is 12. The molecule has 5 aliphatic rings. The Kier molecular flexibility index (Phi) is 37.8. The first-order chi connectivity index (χ1) is 44.8. The average Bonchev–Trinajstić information content (AvgIpc) is 2.04. The lowest BCUT2D eigenvalue weighted by atomic mass is 9.95. The van der Waals surface area contributed by atoms with Crippen LogP contribution < -0.4 is 0 Å². The molecule has 12 nitrogen and oxygen atoms in total. The molecule has 0 aromatic heterocycles. The van der Waals surface area contributed by atoms with Crippen LogP contribution in [0.5, 0.6) is 0 Å². The largest absolute Gasteiger partial charge is 0.462 e. The van der Waals surface area contributed by atoms with Gasteiger partial charge in [0.2, 0.25) is 0 Å². The molecule has 1 aliphatic heterocycles. The highest BCUT2D eigenvalue weighted by Crippen LogP contribution is 2.32. The molecule has 0 fully saturated rings. The lowest BCUT2D eigenvalue weighted by Gasteiger charge is -2.18. The quantitative estimate of drug-likeness (QED) is 0.0620. The molecule has 0 saturated heterocycles. The molecule has 0 aromatic carbocycles. The summed E-state index contributed by atoms with van der Waals surface area (Å²) in [7, 11) is 0. The maximum atomic E-state index is 13.2. The molecule has 0 saturated carbocycles. The maximum Gasteiger partial charge on any atom is 0.306 e. The molecule has 92 heavy (non-hydrogen) atoms.